The van der Waals surface area contributed by atoms with Crippen LogP contribution in [0.1, 0.15) is 92.6 Å². The van der Waals surface area contributed by atoms with E-state index < -0.39 is 29.3 Å². The molecule has 1 heterocycles. The van der Waals surface area contributed by atoms with Gasteiger partial charge in [-0.1, -0.05) is 43.0 Å². The number of alkyl carbamates (subject to hydrolysis) is 1. The summed E-state index contributed by atoms with van der Waals surface area (Å²) in [5.41, 5.74) is 1.24. The highest BCUT2D eigenvalue weighted by Gasteiger charge is 2.40. The van der Waals surface area contributed by atoms with Crippen LogP contribution in [0.4, 0.5) is 15.3 Å². The number of para-hydroxylation sites is 1. The van der Waals surface area contributed by atoms with Crippen molar-refractivity contribution >= 4 is 29.4 Å². The zero-order valence-electron chi connectivity index (χ0n) is 22.2. The number of anilines is 1. The van der Waals surface area contributed by atoms with E-state index in [2.05, 4.69) is 5.32 Å². The summed E-state index contributed by atoms with van der Waals surface area (Å²) in [7, 11) is 0. The fraction of sp³-hybridized carbons (Fsp3) is 0.607. The van der Waals surface area contributed by atoms with Crippen LogP contribution in [0.25, 0.3) is 5.57 Å². The SMILES string of the molecule is C/C(CC(NC(=O)OC(C)(C)C)C1CCCCC1)=C1/C(=O)N(C(=O)OC(C)(C)C)c2ccccc21. The van der Waals surface area contributed by atoms with E-state index in [0.29, 0.717) is 29.2 Å². The number of hydrogen-bond donors (Lipinski definition) is 1. The van der Waals surface area contributed by atoms with Gasteiger partial charge in [-0.3, -0.25) is 4.79 Å². The fourth-order valence-electron chi connectivity index (χ4n) is 4.88. The number of nitrogens with zero attached hydrogens (tertiary/aromatic N) is 1. The van der Waals surface area contributed by atoms with Crippen molar-refractivity contribution in [3.8, 4) is 0 Å². The van der Waals surface area contributed by atoms with Crippen LogP contribution in [0.2, 0.25) is 0 Å². The molecule has 1 aliphatic heterocycles. The monoisotopic (exact) mass is 484 g/mol. The van der Waals surface area contributed by atoms with E-state index in [4.69, 9.17) is 9.47 Å². The molecular formula is C28H40N2O5. The highest BCUT2D eigenvalue weighted by atomic mass is 16.6. The number of carbonyl (C=O) groups is 3. The lowest BCUT2D eigenvalue weighted by Gasteiger charge is -2.32. The topological polar surface area (TPSA) is 84.9 Å². The molecule has 0 bridgehead atoms. The molecule has 3 rings (SSSR count). The summed E-state index contributed by atoms with van der Waals surface area (Å²) in [5, 5.41) is 3.09. The molecule has 2 aliphatic rings. The Morgan fingerprint density at radius 1 is 1.00 bits per heavy atom. The Balaban J connectivity index is 1.92. The van der Waals surface area contributed by atoms with Crippen molar-refractivity contribution in [2.75, 3.05) is 4.90 Å². The first-order valence-corrected chi connectivity index (χ1v) is 12.6. The number of fused-ring (bicyclic) bond motifs is 1. The van der Waals surface area contributed by atoms with Gasteiger partial charge >= 0.3 is 12.2 Å². The van der Waals surface area contributed by atoms with E-state index in [1.807, 2.05) is 39.8 Å². The number of carbonyl (C=O) groups excluding carboxylic acids is 3. The third-order valence-electron chi connectivity index (χ3n) is 6.28. The summed E-state index contributed by atoms with van der Waals surface area (Å²) in [4.78, 5) is 40.3. The zero-order valence-corrected chi connectivity index (χ0v) is 22.2. The van der Waals surface area contributed by atoms with Crippen LogP contribution in [0.3, 0.4) is 0 Å². The molecule has 1 atom stereocenters. The largest absolute Gasteiger partial charge is 0.444 e. The second-order valence-electron chi connectivity index (χ2n) is 11.6. The highest BCUT2D eigenvalue weighted by Crippen LogP contribution is 2.41. The Hall–Kier alpha value is -2.83. The highest BCUT2D eigenvalue weighted by molar-refractivity contribution is 6.39. The lowest BCUT2D eigenvalue weighted by molar-refractivity contribution is -0.112. The second kappa shape index (κ2) is 10.4. The number of benzene rings is 1. The van der Waals surface area contributed by atoms with Gasteiger partial charge in [0.05, 0.1) is 5.69 Å². The Bertz CT molecular complexity index is 993. The van der Waals surface area contributed by atoms with Crippen LogP contribution in [-0.4, -0.2) is 35.3 Å². The summed E-state index contributed by atoms with van der Waals surface area (Å²) in [6, 6.07) is 7.11. The summed E-state index contributed by atoms with van der Waals surface area (Å²) in [6.07, 6.45) is 4.87. The van der Waals surface area contributed by atoms with Crippen LogP contribution in [0, 0.1) is 5.92 Å². The Morgan fingerprint density at radius 3 is 2.20 bits per heavy atom. The molecule has 0 spiro atoms. The van der Waals surface area contributed by atoms with Crippen molar-refractivity contribution in [2.45, 2.75) is 104 Å². The summed E-state index contributed by atoms with van der Waals surface area (Å²) < 4.78 is 11.1. The quantitative estimate of drug-likeness (QED) is 0.486. The van der Waals surface area contributed by atoms with E-state index in [9.17, 15) is 14.4 Å². The van der Waals surface area contributed by atoms with E-state index >= 15 is 0 Å². The Labute approximate surface area is 209 Å². The minimum atomic E-state index is -0.725. The fourth-order valence-corrected chi connectivity index (χ4v) is 4.88. The number of ether oxygens (including phenoxy) is 2. The van der Waals surface area contributed by atoms with Gasteiger partial charge in [0.25, 0.3) is 5.91 Å². The molecule has 7 heteroatoms. The molecule has 1 aromatic rings. The van der Waals surface area contributed by atoms with E-state index in [1.165, 1.54) is 6.42 Å². The Kier molecular flexibility index (Phi) is 7.97. The van der Waals surface area contributed by atoms with Crippen LogP contribution < -0.4 is 10.2 Å². The van der Waals surface area contributed by atoms with Gasteiger partial charge in [0.2, 0.25) is 0 Å². The van der Waals surface area contributed by atoms with Crippen molar-refractivity contribution in [1.82, 2.24) is 5.32 Å². The molecule has 1 saturated carbocycles. The van der Waals surface area contributed by atoms with E-state index in [-0.39, 0.29) is 6.04 Å². The van der Waals surface area contributed by atoms with Crippen LogP contribution in [0.15, 0.2) is 29.8 Å². The first-order chi connectivity index (χ1) is 16.3. The maximum atomic E-state index is 13.6. The molecule has 1 aromatic carbocycles. The first kappa shape index (κ1) is 26.8. The van der Waals surface area contributed by atoms with Crippen LogP contribution in [0.5, 0.6) is 0 Å². The minimum Gasteiger partial charge on any atom is -0.444 e. The molecule has 0 radical (unpaired) electrons. The van der Waals surface area contributed by atoms with Gasteiger partial charge in [0, 0.05) is 17.2 Å². The number of imide groups is 1. The summed E-state index contributed by atoms with van der Waals surface area (Å²) >= 11 is 0. The van der Waals surface area contributed by atoms with E-state index in [1.54, 1.807) is 32.9 Å². The Morgan fingerprint density at radius 2 is 1.60 bits per heavy atom. The third-order valence-corrected chi connectivity index (χ3v) is 6.28. The predicted octanol–water partition coefficient (Wildman–Crippen LogP) is 6.61. The smallest absolute Gasteiger partial charge is 0.422 e. The van der Waals surface area contributed by atoms with Crippen molar-refractivity contribution in [2.24, 2.45) is 5.92 Å². The van der Waals surface area contributed by atoms with Crippen molar-refractivity contribution in [3.63, 3.8) is 0 Å². The van der Waals surface area contributed by atoms with Gasteiger partial charge in [0.1, 0.15) is 11.2 Å². The number of rotatable bonds is 4. The molecular weight excluding hydrogens is 444 g/mol. The average Bonchev–Trinajstić information content (AvgIpc) is 3.03. The minimum absolute atomic E-state index is 0.159. The molecule has 1 aliphatic carbocycles. The molecule has 0 saturated heterocycles. The van der Waals surface area contributed by atoms with Gasteiger partial charge in [-0.2, -0.15) is 0 Å². The van der Waals surface area contributed by atoms with Gasteiger partial charge in [-0.15, -0.1) is 0 Å². The average molecular weight is 485 g/mol. The van der Waals surface area contributed by atoms with Gasteiger partial charge in [-0.25, -0.2) is 14.5 Å². The number of nitrogens with one attached hydrogen (secondary N) is 1. The molecule has 192 valence electrons. The summed E-state index contributed by atoms with van der Waals surface area (Å²) in [5.74, 6) is -0.0851. The molecule has 35 heavy (non-hydrogen) atoms. The van der Waals surface area contributed by atoms with Gasteiger partial charge in [0.15, 0.2) is 0 Å². The van der Waals surface area contributed by atoms with Crippen molar-refractivity contribution in [3.05, 3.63) is 35.4 Å². The molecule has 7 nitrogen and oxygen atoms in total. The van der Waals surface area contributed by atoms with Gasteiger partial charge in [-0.05, 0) is 79.7 Å². The standard InChI is InChI=1S/C28H40N2O5/c1-18(17-21(19-13-9-8-10-14-19)29-25(32)34-27(2,3)4)23-20-15-11-12-16-22(20)30(24(23)31)26(33)35-28(5,6)7/h11-12,15-16,19,21H,8-10,13-14,17H2,1-7H3,(H,29,32)/b23-18-. The predicted molar refractivity (Wildman–Crippen MR) is 137 cm³/mol. The first-order valence-electron chi connectivity index (χ1n) is 12.6. The lowest BCUT2D eigenvalue weighted by Crippen LogP contribution is -2.44. The maximum Gasteiger partial charge on any atom is 0.422 e. The summed E-state index contributed by atoms with van der Waals surface area (Å²) in [6.45, 7) is 12.8. The van der Waals surface area contributed by atoms with Crippen LogP contribution in [-0.2, 0) is 14.3 Å². The van der Waals surface area contributed by atoms with Gasteiger partial charge < -0.3 is 14.8 Å². The van der Waals surface area contributed by atoms with Crippen molar-refractivity contribution in [1.29, 1.82) is 0 Å². The normalized spacial score (nSPS) is 19.2. The second-order valence-corrected chi connectivity index (χ2v) is 11.6. The maximum absolute atomic E-state index is 13.6. The van der Waals surface area contributed by atoms with Crippen LogP contribution >= 0.6 is 0 Å². The molecule has 0 aromatic heterocycles. The van der Waals surface area contributed by atoms with Crippen molar-refractivity contribution < 1.29 is 23.9 Å². The number of amides is 3. The van der Waals surface area contributed by atoms with E-state index in [0.717, 1.165) is 36.2 Å². The molecule has 3 amide bonds. The zero-order chi connectivity index (χ0) is 26.0. The lowest BCUT2D eigenvalue weighted by atomic mass is 9.81. The molecule has 1 fully saturated rings. The molecule has 1 unspecified atom stereocenters. The third kappa shape index (κ3) is 6.86. The molecule has 1 N–H and O–H groups in total. The number of hydrogen-bond acceptors (Lipinski definition) is 5.